The number of amidine groups is 1. The van der Waals surface area contributed by atoms with Crippen molar-refractivity contribution in [2.24, 2.45) is 10.7 Å². The lowest BCUT2D eigenvalue weighted by Crippen LogP contribution is -2.23. The molecule has 156 valence electrons. The van der Waals surface area contributed by atoms with Gasteiger partial charge in [-0.25, -0.2) is 4.98 Å². The third kappa shape index (κ3) is 6.90. The van der Waals surface area contributed by atoms with Crippen LogP contribution in [-0.2, 0) is 6.42 Å². The highest BCUT2D eigenvalue weighted by molar-refractivity contribution is 8.14. The molecular weight excluding hydrogens is 390 g/mol. The molecule has 0 atom stereocenters. The number of carbonyl (C=O) groups excluding carboxylic acids is 1. The Morgan fingerprint density at radius 3 is 2.79 bits per heavy atom. The number of ether oxygens (including phenoxy) is 1. The number of hydrogen-bond acceptors (Lipinski definition) is 8. The van der Waals surface area contributed by atoms with Gasteiger partial charge >= 0.3 is 0 Å². The van der Waals surface area contributed by atoms with E-state index in [1.54, 1.807) is 24.0 Å². The third-order valence-corrected chi connectivity index (χ3v) is 5.05. The maximum absolute atomic E-state index is 12.5. The molecule has 5 N–H and O–H groups in total. The standard InChI is InChI=1S/C19H27N7O2S/c1-5-22-18(21)29-19(2,3)8-6-12-10-13(7-9-23-12)25-17(27)15-16(20)26-14(28-4)11-24-15/h7,9-11H,5-6,8H2,1-4H3,(H2,20,26)(H2,21,22)(H,23,25,27). The maximum atomic E-state index is 12.5. The number of aryl methyl sites for hydroxylation is 1. The molecule has 2 heterocycles. The number of nitrogens with two attached hydrogens (primary N) is 2. The Labute approximate surface area is 174 Å². The second-order valence-corrected chi connectivity index (χ2v) is 8.54. The predicted octanol–water partition coefficient (Wildman–Crippen LogP) is 2.49. The van der Waals surface area contributed by atoms with Crippen LogP contribution in [0.2, 0.25) is 0 Å². The van der Waals surface area contributed by atoms with Gasteiger partial charge in [0.2, 0.25) is 5.88 Å². The first-order chi connectivity index (χ1) is 13.7. The fraction of sp³-hybridized carbons (Fsp3) is 0.421. The topological polar surface area (TPSA) is 141 Å². The van der Waals surface area contributed by atoms with Gasteiger partial charge < -0.3 is 21.5 Å². The lowest BCUT2D eigenvalue weighted by molar-refractivity contribution is 0.102. The zero-order valence-electron chi connectivity index (χ0n) is 17.1. The van der Waals surface area contributed by atoms with Crippen molar-refractivity contribution in [2.45, 2.75) is 38.4 Å². The van der Waals surface area contributed by atoms with E-state index in [1.165, 1.54) is 13.3 Å². The Bertz CT molecular complexity index is 887. The number of aliphatic imine (C=N–C) groups is 1. The van der Waals surface area contributed by atoms with Gasteiger partial charge in [0.05, 0.1) is 13.3 Å². The van der Waals surface area contributed by atoms with E-state index in [0.29, 0.717) is 17.4 Å². The summed E-state index contributed by atoms with van der Waals surface area (Å²) in [6.45, 7) is 6.86. The minimum atomic E-state index is -0.450. The van der Waals surface area contributed by atoms with E-state index < -0.39 is 5.91 Å². The summed E-state index contributed by atoms with van der Waals surface area (Å²) in [6, 6.07) is 3.54. The van der Waals surface area contributed by atoms with Gasteiger partial charge in [-0.3, -0.25) is 14.8 Å². The fourth-order valence-corrected chi connectivity index (χ4v) is 3.46. The van der Waals surface area contributed by atoms with Crippen molar-refractivity contribution in [1.82, 2.24) is 15.0 Å². The van der Waals surface area contributed by atoms with Crippen molar-refractivity contribution in [1.29, 1.82) is 0 Å². The summed E-state index contributed by atoms with van der Waals surface area (Å²) in [5, 5.41) is 3.36. The number of methoxy groups -OCH3 is 1. The van der Waals surface area contributed by atoms with Crippen molar-refractivity contribution in [3.63, 3.8) is 0 Å². The zero-order chi connectivity index (χ0) is 21.4. The molecule has 0 aromatic carbocycles. The number of hydrogen-bond donors (Lipinski definition) is 3. The molecule has 9 nitrogen and oxygen atoms in total. The molecule has 0 saturated carbocycles. The number of anilines is 2. The lowest BCUT2D eigenvalue weighted by atomic mass is 10.0. The molecule has 29 heavy (non-hydrogen) atoms. The smallest absolute Gasteiger partial charge is 0.278 e. The molecule has 2 aromatic rings. The van der Waals surface area contributed by atoms with Crippen LogP contribution in [0.3, 0.4) is 0 Å². The van der Waals surface area contributed by atoms with E-state index in [1.807, 2.05) is 13.0 Å². The van der Waals surface area contributed by atoms with Crippen molar-refractivity contribution in [3.8, 4) is 5.88 Å². The molecule has 0 saturated heterocycles. The monoisotopic (exact) mass is 417 g/mol. The molecule has 0 aliphatic carbocycles. The number of nitrogens with zero attached hydrogens (tertiary/aromatic N) is 4. The van der Waals surface area contributed by atoms with Gasteiger partial charge in [0, 0.05) is 28.9 Å². The van der Waals surface area contributed by atoms with Crippen LogP contribution in [-0.4, -0.2) is 44.4 Å². The average molecular weight is 418 g/mol. The van der Waals surface area contributed by atoms with E-state index in [0.717, 1.165) is 18.5 Å². The largest absolute Gasteiger partial charge is 0.480 e. The highest BCUT2D eigenvalue weighted by atomic mass is 32.2. The van der Waals surface area contributed by atoms with Crippen LogP contribution in [0.1, 0.15) is 43.4 Å². The summed E-state index contributed by atoms with van der Waals surface area (Å²) in [5.74, 6) is -0.203. The quantitative estimate of drug-likeness (QED) is 0.439. The summed E-state index contributed by atoms with van der Waals surface area (Å²) in [7, 11) is 1.45. The maximum Gasteiger partial charge on any atom is 0.278 e. The molecule has 0 unspecified atom stereocenters. The third-order valence-electron chi connectivity index (χ3n) is 3.95. The first-order valence-corrected chi connectivity index (χ1v) is 9.97. The Morgan fingerprint density at radius 1 is 1.38 bits per heavy atom. The van der Waals surface area contributed by atoms with Gasteiger partial charge in [-0.05, 0) is 31.9 Å². The van der Waals surface area contributed by atoms with Crippen LogP contribution in [0.25, 0.3) is 0 Å². The highest BCUT2D eigenvalue weighted by Gasteiger charge is 2.21. The number of pyridine rings is 1. The van der Waals surface area contributed by atoms with E-state index in [2.05, 4.69) is 39.1 Å². The summed E-state index contributed by atoms with van der Waals surface area (Å²) in [6.07, 6.45) is 4.57. The lowest BCUT2D eigenvalue weighted by Gasteiger charge is -2.23. The number of carbonyl (C=O) groups is 1. The molecule has 0 bridgehead atoms. The highest BCUT2D eigenvalue weighted by Crippen LogP contribution is 2.29. The molecule has 0 aliphatic rings. The SMILES string of the molecule is CCN=C(N)SC(C)(C)CCc1cc(NC(=O)c2ncc(OC)nc2N)ccn1. The van der Waals surface area contributed by atoms with Gasteiger partial charge in [-0.15, -0.1) is 0 Å². The summed E-state index contributed by atoms with van der Waals surface area (Å²) in [4.78, 5) is 29.0. The molecule has 1 amide bonds. The molecule has 0 spiro atoms. The first kappa shape index (κ1) is 22.4. The number of aromatic nitrogens is 3. The molecule has 2 rings (SSSR count). The van der Waals surface area contributed by atoms with E-state index in [9.17, 15) is 4.79 Å². The molecule has 2 aromatic heterocycles. The van der Waals surface area contributed by atoms with Crippen LogP contribution < -0.4 is 21.5 Å². The molecule has 0 fully saturated rings. The van der Waals surface area contributed by atoms with Gasteiger partial charge in [-0.1, -0.05) is 25.6 Å². The van der Waals surface area contributed by atoms with Crippen molar-refractivity contribution >= 4 is 34.3 Å². The molecule has 0 radical (unpaired) electrons. The Hall–Kier alpha value is -2.88. The van der Waals surface area contributed by atoms with Crippen LogP contribution in [0.15, 0.2) is 29.5 Å². The second-order valence-electron chi connectivity index (χ2n) is 6.81. The van der Waals surface area contributed by atoms with Crippen LogP contribution >= 0.6 is 11.8 Å². The zero-order valence-corrected chi connectivity index (χ0v) is 17.9. The Kier molecular flexibility index (Phi) is 7.77. The number of thioether (sulfide) groups is 1. The molecule has 0 aliphatic heterocycles. The summed E-state index contributed by atoms with van der Waals surface area (Å²) in [5.41, 5.74) is 13.2. The predicted molar refractivity (Wildman–Crippen MR) is 117 cm³/mol. The number of amides is 1. The Morgan fingerprint density at radius 2 is 2.14 bits per heavy atom. The minimum Gasteiger partial charge on any atom is -0.480 e. The number of rotatable bonds is 8. The number of nitrogen functional groups attached to an aromatic ring is 1. The molecular formula is C19H27N7O2S. The van der Waals surface area contributed by atoms with Crippen LogP contribution in [0.4, 0.5) is 11.5 Å². The van der Waals surface area contributed by atoms with Gasteiger partial charge in [-0.2, -0.15) is 4.98 Å². The summed E-state index contributed by atoms with van der Waals surface area (Å²) >= 11 is 1.55. The van der Waals surface area contributed by atoms with E-state index in [-0.39, 0.29) is 22.1 Å². The van der Waals surface area contributed by atoms with Crippen molar-refractivity contribution in [2.75, 3.05) is 24.7 Å². The van der Waals surface area contributed by atoms with Crippen molar-refractivity contribution in [3.05, 3.63) is 35.9 Å². The average Bonchev–Trinajstić information content (AvgIpc) is 2.66. The van der Waals surface area contributed by atoms with Crippen LogP contribution in [0.5, 0.6) is 5.88 Å². The van der Waals surface area contributed by atoms with Gasteiger partial charge in [0.25, 0.3) is 5.91 Å². The normalized spacial score (nSPS) is 11.9. The van der Waals surface area contributed by atoms with Gasteiger partial charge in [0.1, 0.15) is 0 Å². The molecule has 10 heteroatoms. The first-order valence-electron chi connectivity index (χ1n) is 9.16. The van der Waals surface area contributed by atoms with Crippen molar-refractivity contribution < 1.29 is 9.53 Å². The minimum absolute atomic E-state index is 0.00114. The fourth-order valence-electron chi connectivity index (χ4n) is 2.49. The van der Waals surface area contributed by atoms with E-state index in [4.69, 9.17) is 16.2 Å². The van der Waals surface area contributed by atoms with Gasteiger partial charge in [0.15, 0.2) is 16.7 Å². The van der Waals surface area contributed by atoms with E-state index >= 15 is 0 Å². The Balaban J connectivity index is 2.02. The number of nitrogens with one attached hydrogen (secondary N) is 1. The second kappa shape index (κ2) is 10.1. The van der Waals surface area contributed by atoms with Crippen LogP contribution in [0, 0.1) is 0 Å². The summed E-state index contributed by atoms with van der Waals surface area (Å²) < 4.78 is 4.86.